The molecular formula is C21H26. The number of hydrogen-bond acceptors (Lipinski definition) is 0. The second-order valence-corrected chi connectivity index (χ2v) is 8.33. The number of rotatable bonds is 1. The van der Waals surface area contributed by atoms with E-state index in [-0.39, 0.29) is 0 Å². The zero-order chi connectivity index (χ0) is 14.0. The van der Waals surface area contributed by atoms with Gasteiger partial charge in [0.2, 0.25) is 0 Å². The summed E-state index contributed by atoms with van der Waals surface area (Å²) < 4.78 is 0. The maximum Gasteiger partial charge on any atom is -0.0197 e. The molecule has 0 N–H and O–H groups in total. The van der Waals surface area contributed by atoms with E-state index in [4.69, 9.17) is 0 Å². The smallest absolute Gasteiger partial charge is 0.0197 e. The Morgan fingerprint density at radius 1 is 0.762 bits per heavy atom. The second-order valence-electron chi connectivity index (χ2n) is 8.33. The van der Waals surface area contributed by atoms with E-state index >= 15 is 0 Å². The van der Waals surface area contributed by atoms with Crippen LogP contribution in [0.25, 0.3) is 0 Å². The number of benzene rings is 1. The molecule has 4 aliphatic rings. The van der Waals surface area contributed by atoms with Crippen molar-refractivity contribution in [2.24, 2.45) is 41.4 Å². The number of hydrogen-bond donors (Lipinski definition) is 0. The summed E-state index contributed by atoms with van der Waals surface area (Å²) in [5.41, 5.74) is 3.33. The Labute approximate surface area is 128 Å². The maximum absolute atomic E-state index is 2.57. The van der Waals surface area contributed by atoms with Gasteiger partial charge in [-0.15, -0.1) is 0 Å². The second kappa shape index (κ2) is 4.48. The van der Waals surface area contributed by atoms with Crippen molar-refractivity contribution in [1.82, 2.24) is 0 Å². The molecule has 21 heavy (non-hydrogen) atoms. The summed E-state index contributed by atoms with van der Waals surface area (Å²) in [6.07, 6.45) is 12.3. The van der Waals surface area contributed by atoms with Crippen LogP contribution in [0.4, 0.5) is 0 Å². The number of allylic oxidation sites excluding steroid dienone is 2. The van der Waals surface area contributed by atoms with Crippen molar-refractivity contribution < 1.29 is 0 Å². The highest BCUT2D eigenvalue weighted by Crippen LogP contribution is 2.61. The summed E-state index contributed by atoms with van der Waals surface area (Å²) in [6.45, 7) is 2.39. The lowest BCUT2D eigenvalue weighted by Crippen LogP contribution is -2.36. The average molecular weight is 278 g/mol. The molecule has 0 amide bonds. The predicted molar refractivity (Wildman–Crippen MR) is 86.9 cm³/mol. The van der Waals surface area contributed by atoms with E-state index in [1.54, 1.807) is 17.5 Å². The first-order valence-corrected chi connectivity index (χ1v) is 9.04. The molecule has 7 unspecified atom stereocenters. The Morgan fingerprint density at radius 2 is 1.48 bits per heavy atom. The molecule has 1 aromatic rings. The molecule has 0 spiro atoms. The van der Waals surface area contributed by atoms with Gasteiger partial charge in [0.25, 0.3) is 0 Å². The zero-order valence-electron chi connectivity index (χ0n) is 13.0. The van der Waals surface area contributed by atoms with E-state index in [9.17, 15) is 0 Å². The fourth-order valence-electron chi connectivity index (χ4n) is 6.47. The summed E-state index contributed by atoms with van der Waals surface area (Å²) in [6, 6.07) is 9.26. The van der Waals surface area contributed by atoms with E-state index in [2.05, 4.69) is 43.3 Å². The van der Waals surface area contributed by atoms with Gasteiger partial charge in [-0.3, -0.25) is 0 Å². The summed E-state index contributed by atoms with van der Waals surface area (Å²) in [5.74, 6) is 6.86. The van der Waals surface area contributed by atoms with Gasteiger partial charge in [-0.2, -0.15) is 0 Å². The third kappa shape index (κ3) is 1.81. The van der Waals surface area contributed by atoms with Crippen LogP contribution in [-0.2, 0) is 12.8 Å². The normalized spacial score (nSPS) is 46.6. The minimum absolute atomic E-state index is 0.831. The highest BCUT2D eigenvalue weighted by atomic mass is 14.6. The highest BCUT2D eigenvalue weighted by molar-refractivity contribution is 5.32. The van der Waals surface area contributed by atoms with Crippen molar-refractivity contribution in [2.75, 3.05) is 0 Å². The number of fused-ring (bicyclic) bond motifs is 6. The fourth-order valence-corrected chi connectivity index (χ4v) is 6.47. The first kappa shape index (κ1) is 12.5. The lowest BCUT2D eigenvalue weighted by atomic mass is 9.63. The van der Waals surface area contributed by atoms with Gasteiger partial charge in [-0.1, -0.05) is 43.3 Å². The quantitative estimate of drug-likeness (QED) is 0.642. The Bertz CT molecular complexity index is 583. The topological polar surface area (TPSA) is 0 Å². The van der Waals surface area contributed by atoms with Crippen LogP contribution in [0.3, 0.4) is 0 Å². The Morgan fingerprint density at radius 3 is 2.19 bits per heavy atom. The molecule has 2 saturated carbocycles. The molecule has 0 heteroatoms. The molecule has 0 heterocycles. The van der Waals surface area contributed by atoms with Crippen molar-refractivity contribution in [3.05, 3.63) is 47.5 Å². The van der Waals surface area contributed by atoms with Crippen molar-refractivity contribution in [3.63, 3.8) is 0 Å². The van der Waals surface area contributed by atoms with Crippen LogP contribution in [0.15, 0.2) is 36.4 Å². The third-order valence-electron chi connectivity index (χ3n) is 7.32. The van der Waals surface area contributed by atoms with Crippen LogP contribution in [0.5, 0.6) is 0 Å². The van der Waals surface area contributed by atoms with Crippen LogP contribution < -0.4 is 0 Å². The van der Waals surface area contributed by atoms with Crippen LogP contribution >= 0.6 is 0 Å². The first-order valence-electron chi connectivity index (χ1n) is 9.04. The van der Waals surface area contributed by atoms with Gasteiger partial charge in [0, 0.05) is 0 Å². The molecular weight excluding hydrogens is 252 g/mol. The molecule has 4 aliphatic carbocycles. The van der Waals surface area contributed by atoms with Crippen molar-refractivity contribution in [1.29, 1.82) is 0 Å². The highest BCUT2D eigenvalue weighted by Gasteiger charge is 2.54. The van der Waals surface area contributed by atoms with Gasteiger partial charge in [-0.25, -0.2) is 0 Å². The summed E-state index contributed by atoms with van der Waals surface area (Å²) >= 11 is 0. The SMILES string of the molecule is CC1C=CC(C2CC3CC2C2Cc4ccccc4CC32)C1. The van der Waals surface area contributed by atoms with E-state index in [1.165, 1.54) is 25.7 Å². The molecule has 0 nitrogen and oxygen atoms in total. The van der Waals surface area contributed by atoms with Gasteiger partial charge in [0.15, 0.2) is 0 Å². The Kier molecular flexibility index (Phi) is 2.66. The first-order chi connectivity index (χ1) is 10.3. The maximum atomic E-state index is 2.57. The lowest BCUT2D eigenvalue weighted by molar-refractivity contribution is 0.121. The van der Waals surface area contributed by atoms with Gasteiger partial charge < -0.3 is 0 Å². The van der Waals surface area contributed by atoms with Gasteiger partial charge in [-0.05, 0) is 84.7 Å². The molecule has 0 saturated heterocycles. The molecule has 110 valence electrons. The van der Waals surface area contributed by atoms with Crippen molar-refractivity contribution in [2.45, 2.75) is 39.0 Å². The van der Waals surface area contributed by atoms with Crippen LogP contribution in [0.2, 0.25) is 0 Å². The molecule has 7 atom stereocenters. The summed E-state index contributed by atoms with van der Waals surface area (Å²) in [4.78, 5) is 0. The molecule has 2 bridgehead atoms. The largest absolute Gasteiger partial charge is 0.0854 e. The van der Waals surface area contributed by atoms with E-state index in [1.807, 2.05) is 0 Å². The van der Waals surface area contributed by atoms with Crippen LogP contribution in [0, 0.1) is 41.4 Å². The minimum Gasteiger partial charge on any atom is -0.0854 e. The molecule has 2 fully saturated rings. The van der Waals surface area contributed by atoms with Gasteiger partial charge in [0.1, 0.15) is 0 Å². The third-order valence-corrected chi connectivity index (χ3v) is 7.32. The van der Waals surface area contributed by atoms with E-state index < -0.39 is 0 Å². The molecule has 1 aromatic carbocycles. The predicted octanol–water partition coefficient (Wildman–Crippen LogP) is 4.89. The molecule has 0 radical (unpaired) electrons. The minimum atomic E-state index is 0.831. The summed E-state index contributed by atoms with van der Waals surface area (Å²) in [5, 5.41) is 0. The molecule has 0 aliphatic heterocycles. The van der Waals surface area contributed by atoms with E-state index in [0.717, 1.165) is 41.4 Å². The zero-order valence-corrected chi connectivity index (χ0v) is 13.0. The summed E-state index contributed by atoms with van der Waals surface area (Å²) in [7, 11) is 0. The standard InChI is InChI=1S/C21H26/c1-13-6-7-16(8-13)18-11-17-12-21(18)20-10-15-5-3-2-4-14(15)9-19(17)20/h2-7,13,16-21H,8-12H2,1H3. The van der Waals surface area contributed by atoms with Crippen LogP contribution in [0.1, 0.15) is 37.3 Å². The molecule has 0 aromatic heterocycles. The average Bonchev–Trinajstić information content (AvgIpc) is 3.19. The fraction of sp³-hybridized carbons (Fsp3) is 0.619. The van der Waals surface area contributed by atoms with E-state index in [0.29, 0.717) is 0 Å². The van der Waals surface area contributed by atoms with Crippen molar-refractivity contribution in [3.8, 4) is 0 Å². The van der Waals surface area contributed by atoms with Gasteiger partial charge in [0.05, 0.1) is 0 Å². The monoisotopic (exact) mass is 278 g/mol. The van der Waals surface area contributed by atoms with Gasteiger partial charge >= 0.3 is 0 Å². The Hall–Kier alpha value is -1.04. The Balaban J connectivity index is 1.42. The molecule has 5 rings (SSSR count). The van der Waals surface area contributed by atoms with Crippen LogP contribution in [-0.4, -0.2) is 0 Å². The van der Waals surface area contributed by atoms with Crippen molar-refractivity contribution >= 4 is 0 Å². The lowest BCUT2D eigenvalue weighted by Gasteiger charge is -2.41.